The number of nitrogens with zero attached hydrogens (tertiary/aromatic N) is 4. The van der Waals surface area contributed by atoms with Gasteiger partial charge in [-0.05, 0) is 36.8 Å². The second-order valence-electron chi connectivity index (χ2n) is 6.12. The number of hydrogen-bond acceptors (Lipinski definition) is 4. The molecule has 1 heterocycles. The van der Waals surface area contributed by atoms with E-state index in [1.54, 1.807) is 48.3 Å². The van der Waals surface area contributed by atoms with E-state index in [1.807, 2.05) is 6.92 Å². The van der Waals surface area contributed by atoms with E-state index in [-0.39, 0.29) is 36.3 Å². The molecule has 26 heavy (non-hydrogen) atoms. The lowest BCUT2D eigenvalue weighted by Gasteiger charge is -2.25. The molecular weight excluding hydrogens is 335 g/mol. The first kappa shape index (κ1) is 17.7. The first-order valence-electron chi connectivity index (χ1n) is 8.31. The van der Waals surface area contributed by atoms with E-state index < -0.39 is 0 Å². The summed E-state index contributed by atoms with van der Waals surface area (Å²) in [7, 11) is 1.69. The third kappa shape index (κ3) is 3.61. The summed E-state index contributed by atoms with van der Waals surface area (Å²) in [5.74, 6) is -0.451. The van der Waals surface area contributed by atoms with Gasteiger partial charge in [0.15, 0.2) is 0 Å². The Morgan fingerprint density at radius 1 is 1.19 bits per heavy atom. The Morgan fingerprint density at radius 2 is 1.88 bits per heavy atom. The molecular formula is C19H19FN4O2. The molecule has 134 valence electrons. The molecule has 3 aromatic rings. The highest BCUT2D eigenvalue weighted by molar-refractivity contribution is 5.77. The topological polar surface area (TPSA) is 68.1 Å². The molecule has 0 fully saturated rings. The van der Waals surface area contributed by atoms with E-state index in [2.05, 4.69) is 10.3 Å². The Labute approximate surface area is 149 Å². The monoisotopic (exact) mass is 354 g/mol. The second-order valence-corrected chi connectivity index (χ2v) is 6.12. The van der Waals surface area contributed by atoms with E-state index in [0.717, 1.165) is 5.56 Å². The summed E-state index contributed by atoms with van der Waals surface area (Å²) in [6.45, 7) is 2.02. The van der Waals surface area contributed by atoms with Crippen LogP contribution in [0.2, 0.25) is 0 Å². The summed E-state index contributed by atoms with van der Waals surface area (Å²) in [6.07, 6.45) is 0.120. The van der Waals surface area contributed by atoms with Gasteiger partial charge in [0, 0.05) is 13.5 Å². The van der Waals surface area contributed by atoms with Crippen LogP contribution < -0.4 is 5.56 Å². The number of carbonyl (C=O) groups excluding carboxylic acids is 1. The Kier molecular flexibility index (Phi) is 5.06. The lowest BCUT2D eigenvalue weighted by Crippen LogP contribution is -2.32. The molecule has 2 aromatic carbocycles. The molecule has 0 unspecified atom stereocenters. The minimum Gasteiger partial charge on any atom is -0.339 e. The van der Waals surface area contributed by atoms with Crippen LogP contribution >= 0.6 is 0 Å². The average molecular weight is 354 g/mol. The molecule has 7 heteroatoms. The van der Waals surface area contributed by atoms with Crippen molar-refractivity contribution in [2.24, 2.45) is 0 Å². The average Bonchev–Trinajstić information content (AvgIpc) is 2.67. The number of fused-ring (bicyclic) bond motifs is 1. The minimum absolute atomic E-state index is 0.120. The van der Waals surface area contributed by atoms with Gasteiger partial charge in [0.2, 0.25) is 5.91 Å². The normalized spacial score (nSPS) is 12.1. The van der Waals surface area contributed by atoms with Crippen LogP contribution in [0, 0.1) is 5.82 Å². The van der Waals surface area contributed by atoms with Crippen LogP contribution in [0.25, 0.3) is 10.9 Å². The standard InChI is InChI=1S/C19H19FN4O2/c1-13(14-7-9-15(20)10-8-14)23(2)18(25)11-12-24-19(26)16-5-3-4-6-17(16)21-22-24/h3-10,13H,11-12H2,1-2H3/t13-/m0/s1. The number of halogens is 1. The third-order valence-corrected chi connectivity index (χ3v) is 4.49. The maximum atomic E-state index is 13.0. The van der Waals surface area contributed by atoms with Gasteiger partial charge in [-0.2, -0.15) is 0 Å². The number of carbonyl (C=O) groups is 1. The maximum absolute atomic E-state index is 13.0. The quantitative estimate of drug-likeness (QED) is 0.706. The van der Waals surface area contributed by atoms with E-state index in [9.17, 15) is 14.0 Å². The molecule has 0 spiro atoms. The molecule has 1 aromatic heterocycles. The van der Waals surface area contributed by atoms with Crippen molar-refractivity contribution in [2.45, 2.75) is 25.9 Å². The van der Waals surface area contributed by atoms with E-state index in [1.165, 1.54) is 16.8 Å². The SMILES string of the molecule is C[C@@H](c1ccc(F)cc1)N(C)C(=O)CCn1nnc2ccccc2c1=O. The van der Waals surface area contributed by atoms with Crippen LogP contribution in [0.1, 0.15) is 24.9 Å². The largest absolute Gasteiger partial charge is 0.339 e. The summed E-state index contributed by atoms with van der Waals surface area (Å²) < 4.78 is 14.2. The lowest BCUT2D eigenvalue weighted by atomic mass is 10.1. The fourth-order valence-electron chi connectivity index (χ4n) is 2.73. The van der Waals surface area contributed by atoms with E-state index in [0.29, 0.717) is 10.9 Å². The molecule has 0 aliphatic heterocycles. The zero-order chi connectivity index (χ0) is 18.7. The van der Waals surface area contributed by atoms with Gasteiger partial charge in [-0.3, -0.25) is 9.59 Å². The number of aromatic nitrogens is 3. The highest BCUT2D eigenvalue weighted by Gasteiger charge is 2.18. The predicted molar refractivity (Wildman–Crippen MR) is 96.0 cm³/mol. The summed E-state index contributed by atoms with van der Waals surface area (Å²) in [4.78, 5) is 26.4. The fraction of sp³-hybridized carbons (Fsp3) is 0.263. The van der Waals surface area contributed by atoms with Crippen molar-refractivity contribution in [3.05, 3.63) is 70.3 Å². The van der Waals surface area contributed by atoms with Crippen molar-refractivity contribution in [3.63, 3.8) is 0 Å². The summed E-state index contributed by atoms with van der Waals surface area (Å²) in [6, 6.07) is 12.8. The van der Waals surface area contributed by atoms with Crippen LogP contribution in [-0.4, -0.2) is 32.8 Å². The number of amides is 1. The molecule has 3 rings (SSSR count). The molecule has 6 nitrogen and oxygen atoms in total. The molecule has 0 bridgehead atoms. The molecule has 0 saturated heterocycles. The Bertz CT molecular complexity index is 985. The van der Waals surface area contributed by atoms with Gasteiger partial charge >= 0.3 is 0 Å². The number of hydrogen-bond donors (Lipinski definition) is 0. The van der Waals surface area contributed by atoms with E-state index >= 15 is 0 Å². The minimum atomic E-state index is -0.316. The van der Waals surface area contributed by atoms with E-state index in [4.69, 9.17) is 0 Å². The van der Waals surface area contributed by atoms with Crippen molar-refractivity contribution in [3.8, 4) is 0 Å². The molecule has 0 saturated carbocycles. The summed E-state index contributed by atoms with van der Waals surface area (Å²) in [5, 5.41) is 8.38. The van der Waals surface area contributed by atoms with Gasteiger partial charge in [0.25, 0.3) is 5.56 Å². The molecule has 0 aliphatic rings. The molecule has 1 atom stereocenters. The highest BCUT2D eigenvalue weighted by atomic mass is 19.1. The molecule has 1 amide bonds. The van der Waals surface area contributed by atoms with Crippen molar-refractivity contribution in [2.75, 3.05) is 7.05 Å². The van der Waals surface area contributed by atoms with Gasteiger partial charge in [-0.25, -0.2) is 9.07 Å². The van der Waals surface area contributed by atoms with Crippen molar-refractivity contribution in [1.29, 1.82) is 0 Å². The van der Waals surface area contributed by atoms with Crippen LogP contribution in [-0.2, 0) is 11.3 Å². The van der Waals surface area contributed by atoms with Gasteiger partial charge in [0.05, 0.1) is 18.0 Å². The van der Waals surface area contributed by atoms with Crippen LogP contribution in [0.3, 0.4) is 0 Å². The Balaban J connectivity index is 1.69. The van der Waals surface area contributed by atoms with Crippen molar-refractivity contribution < 1.29 is 9.18 Å². The smallest absolute Gasteiger partial charge is 0.277 e. The zero-order valence-corrected chi connectivity index (χ0v) is 14.6. The van der Waals surface area contributed by atoms with Gasteiger partial charge in [0.1, 0.15) is 11.3 Å². The summed E-state index contributed by atoms with van der Waals surface area (Å²) in [5.41, 5.74) is 1.10. The second kappa shape index (κ2) is 7.43. The lowest BCUT2D eigenvalue weighted by molar-refractivity contribution is -0.132. The Morgan fingerprint density at radius 3 is 2.62 bits per heavy atom. The maximum Gasteiger partial charge on any atom is 0.277 e. The van der Waals surface area contributed by atoms with Crippen LogP contribution in [0.5, 0.6) is 0 Å². The van der Waals surface area contributed by atoms with Crippen molar-refractivity contribution in [1.82, 2.24) is 19.9 Å². The molecule has 0 radical (unpaired) electrons. The number of benzene rings is 2. The van der Waals surface area contributed by atoms with Gasteiger partial charge < -0.3 is 4.90 Å². The zero-order valence-electron chi connectivity index (χ0n) is 14.6. The van der Waals surface area contributed by atoms with Crippen molar-refractivity contribution >= 4 is 16.8 Å². The first-order chi connectivity index (χ1) is 12.5. The Hall–Kier alpha value is -3.09. The van der Waals surface area contributed by atoms with Gasteiger partial charge in [-0.15, -0.1) is 5.10 Å². The number of aryl methyl sites for hydroxylation is 1. The van der Waals surface area contributed by atoms with Crippen LogP contribution in [0.4, 0.5) is 4.39 Å². The summed E-state index contributed by atoms with van der Waals surface area (Å²) >= 11 is 0. The molecule has 0 aliphatic carbocycles. The molecule has 0 N–H and O–H groups in total. The highest BCUT2D eigenvalue weighted by Crippen LogP contribution is 2.19. The number of rotatable bonds is 5. The fourth-order valence-corrected chi connectivity index (χ4v) is 2.73. The predicted octanol–water partition coefficient (Wildman–Crippen LogP) is 2.54. The third-order valence-electron chi connectivity index (χ3n) is 4.49. The first-order valence-corrected chi connectivity index (χ1v) is 8.31. The van der Waals surface area contributed by atoms with Crippen LogP contribution in [0.15, 0.2) is 53.3 Å². The van der Waals surface area contributed by atoms with Gasteiger partial charge in [-0.1, -0.05) is 29.5 Å².